The van der Waals surface area contributed by atoms with E-state index in [0.29, 0.717) is 17.9 Å². The predicted octanol–water partition coefficient (Wildman–Crippen LogP) is 1.78. The summed E-state index contributed by atoms with van der Waals surface area (Å²) in [6, 6.07) is 8.66. The lowest BCUT2D eigenvalue weighted by molar-refractivity contribution is -0.706. The predicted molar refractivity (Wildman–Crippen MR) is 85.8 cm³/mol. The number of pyridine rings is 1. The molecule has 1 aliphatic heterocycles. The third kappa shape index (κ3) is 3.37. The number of benzene rings is 1. The van der Waals surface area contributed by atoms with Crippen molar-refractivity contribution in [1.82, 2.24) is 5.32 Å². The smallest absolute Gasteiger partial charge is 0.289 e. The maximum Gasteiger partial charge on any atom is 0.289 e. The van der Waals surface area contributed by atoms with Crippen LogP contribution in [0.25, 0.3) is 0 Å². The van der Waals surface area contributed by atoms with Crippen molar-refractivity contribution in [2.45, 2.75) is 26.4 Å². The summed E-state index contributed by atoms with van der Waals surface area (Å²) in [6.45, 7) is 3.92. The number of ketones is 1. The Hall–Kier alpha value is -2.89. The molecule has 0 aliphatic carbocycles. The Morgan fingerprint density at radius 3 is 2.83 bits per heavy atom. The minimum Gasteiger partial charge on any atom is -0.454 e. The van der Waals surface area contributed by atoms with Gasteiger partial charge in [-0.25, -0.2) is 0 Å². The number of nitrogens with zero attached hydrogens (tertiary/aromatic N) is 1. The van der Waals surface area contributed by atoms with Crippen molar-refractivity contribution in [1.29, 1.82) is 0 Å². The van der Waals surface area contributed by atoms with Gasteiger partial charge in [0, 0.05) is 19.5 Å². The van der Waals surface area contributed by atoms with Gasteiger partial charge in [0.25, 0.3) is 5.91 Å². The van der Waals surface area contributed by atoms with Gasteiger partial charge >= 0.3 is 0 Å². The van der Waals surface area contributed by atoms with E-state index in [9.17, 15) is 9.59 Å². The number of hydrogen-bond acceptors (Lipinski definition) is 4. The van der Waals surface area contributed by atoms with Crippen LogP contribution in [0, 0.1) is 0 Å². The van der Waals surface area contributed by atoms with E-state index in [2.05, 4.69) is 5.32 Å². The summed E-state index contributed by atoms with van der Waals surface area (Å²) in [7, 11) is 0. The fourth-order valence-electron chi connectivity index (χ4n) is 2.47. The molecule has 2 heterocycles. The number of Topliss-reactive ketones (excluding diaryl/α,β-unsaturated/α-hetero) is 1. The number of fused-ring (bicyclic) bond motifs is 1. The van der Waals surface area contributed by atoms with Crippen LogP contribution < -0.4 is 19.4 Å². The van der Waals surface area contributed by atoms with E-state index < -0.39 is 6.04 Å². The Morgan fingerprint density at radius 2 is 2.04 bits per heavy atom. The lowest BCUT2D eigenvalue weighted by atomic mass is 10.2. The molecule has 0 fully saturated rings. The van der Waals surface area contributed by atoms with Gasteiger partial charge in [-0.15, -0.1) is 0 Å². The fraction of sp³-hybridized carbons (Fsp3) is 0.278. The first-order valence-electron chi connectivity index (χ1n) is 7.72. The van der Waals surface area contributed by atoms with E-state index in [1.807, 2.05) is 18.2 Å². The van der Waals surface area contributed by atoms with Crippen LogP contribution in [0.2, 0.25) is 0 Å². The van der Waals surface area contributed by atoms with Gasteiger partial charge in [-0.05, 0) is 30.7 Å². The van der Waals surface area contributed by atoms with Gasteiger partial charge in [0.05, 0.1) is 5.56 Å². The lowest BCUT2D eigenvalue weighted by Crippen LogP contribution is -2.46. The molecule has 3 rings (SSSR count). The minimum absolute atomic E-state index is 0.0303. The first kappa shape index (κ1) is 16.0. The van der Waals surface area contributed by atoms with E-state index in [0.717, 1.165) is 11.3 Å². The van der Waals surface area contributed by atoms with Gasteiger partial charge in [0.15, 0.2) is 29.7 Å². The first-order chi connectivity index (χ1) is 11.5. The number of aromatic nitrogens is 1. The Bertz CT molecular complexity index is 788. The van der Waals surface area contributed by atoms with E-state index in [1.54, 1.807) is 36.0 Å². The van der Waals surface area contributed by atoms with Gasteiger partial charge in [-0.3, -0.25) is 9.59 Å². The van der Waals surface area contributed by atoms with Crippen LogP contribution in [-0.4, -0.2) is 18.5 Å². The summed E-state index contributed by atoms with van der Waals surface area (Å²) in [6.07, 6.45) is 3.46. The summed E-state index contributed by atoms with van der Waals surface area (Å²) < 4.78 is 12.3. The van der Waals surface area contributed by atoms with Crippen molar-refractivity contribution in [3.8, 4) is 11.5 Å². The van der Waals surface area contributed by atoms with Gasteiger partial charge in [0.1, 0.15) is 0 Å². The highest BCUT2D eigenvalue weighted by Crippen LogP contribution is 2.32. The van der Waals surface area contributed by atoms with E-state index in [1.165, 1.54) is 6.92 Å². The second-order valence-corrected chi connectivity index (χ2v) is 5.68. The summed E-state index contributed by atoms with van der Waals surface area (Å²) >= 11 is 0. The molecule has 0 saturated heterocycles. The number of nitrogens with one attached hydrogen (secondary N) is 1. The number of carbonyl (C=O) groups excluding carboxylic acids is 2. The number of rotatable bonds is 5. The zero-order valence-corrected chi connectivity index (χ0v) is 13.6. The van der Waals surface area contributed by atoms with Crippen molar-refractivity contribution >= 4 is 11.7 Å². The maximum atomic E-state index is 12.4. The molecule has 1 N–H and O–H groups in total. The highest BCUT2D eigenvalue weighted by atomic mass is 16.7. The Morgan fingerprint density at radius 1 is 1.25 bits per heavy atom. The average molecular weight is 327 g/mol. The zero-order valence-electron chi connectivity index (χ0n) is 13.6. The lowest BCUT2D eigenvalue weighted by Gasteiger charge is -2.09. The van der Waals surface area contributed by atoms with Gasteiger partial charge in [0.2, 0.25) is 12.8 Å². The molecule has 6 heteroatoms. The zero-order chi connectivity index (χ0) is 17.1. The molecule has 6 nitrogen and oxygen atoms in total. The van der Waals surface area contributed by atoms with Crippen LogP contribution in [0.4, 0.5) is 0 Å². The number of hydrogen-bond donors (Lipinski definition) is 1. The molecule has 0 unspecified atom stereocenters. The molecule has 24 heavy (non-hydrogen) atoms. The van der Waals surface area contributed by atoms with Crippen LogP contribution in [0.1, 0.15) is 35.8 Å². The number of amides is 1. The quantitative estimate of drug-likeness (QED) is 0.671. The molecular formula is C18H19N2O4+. The van der Waals surface area contributed by atoms with Crippen LogP contribution in [-0.2, 0) is 11.3 Å². The van der Waals surface area contributed by atoms with Gasteiger partial charge < -0.3 is 14.8 Å². The molecule has 0 bridgehead atoms. The highest BCUT2D eigenvalue weighted by molar-refractivity contribution is 5.93. The second-order valence-electron chi connectivity index (χ2n) is 5.68. The van der Waals surface area contributed by atoms with Gasteiger partial charge in [-0.1, -0.05) is 6.07 Å². The molecule has 1 atom stereocenters. The monoisotopic (exact) mass is 327 g/mol. The third-order valence-corrected chi connectivity index (χ3v) is 3.96. The van der Waals surface area contributed by atoms with Crippen molar-refractivity contribution in [2.75, 3.05) is 6.79 Å². The largest absolute Gasteiger partial charge is 0.454 e. The molecule has 1 amide bonds. The summed E-state index contributed by atoms with van der Waals surface area (Å²) in [5.41, 5.74) is 1.51. The van der Waals surface area contributed by atoms with Crippen molar-refractivity contribution < 1.29 is 23.6 Å². The molecule has 1 aromatic carbocycles. The number of ether oxygens (including phenoxy) is 2. The summed E-state index contributed by atoms with van der Waals surface area (Å²) in [5.74, 6) is 1.25. The van der Waals surface area contributed by atoms with Crippen LogP contribution >= 0.6 is 0 Å². The topological polar surface area (TPSA) is 68.5 Å². The van der Waals surface area contributed by atoms with Crippen molar-refractivity contribution in [3.63, 3.8) is 0 Å². The Balaban J connectivity index is 1.64. The summed E-state index contributed by atoms with van der Waals surface area (Å²) in [4.78, 5) is 23.8. The molecule has 2 aromatic rings. The Kier molecular flexibility index (Phi) is 4.46. The molecular weight excluding hydrogens is 308 g/mol. The maximum absolute atomic E-state index is 12.4. The minimum atomic E-state index is -0.418. The molecule has 0 saturated carbocycles. The average Bonchev–Trinajstić information content (AvgIpc) is 3.06. The molecule has 0 spiro atoms. The van der Waals surface area contributed by atoms with E-state index >= 15 is 0 Å². The highest BCUT2D eigenvalue weighted by Gasteiger charge is 2.22. The standard InChI is InChI=1S/C18H18N2O4/c1-12(20-7-3-4-15(10-20)13(2)21)18(22)19-9-14-5-6-16-17(8-14)24-11-23-16/h3-8,10,12H,9,11H2,1-2H3/p+1/t12-/m0/s1. The SMILES string of the molecule is CC(=O)c1ccc[n+]([C@@H](C)C(=O)NCc2ccc3c(c2)OCO3)c1. The first-order valence-corrected chi connectivity index (χ1v) is 7.72. The normalized spacial score (nSPS) is 13.4. The van der Waals surface area contributed by atoms with Crippen LogP contribution in [0.15, 0.2) is 42.7 Å². The fourth-order valence-corrected chi connectivity index (χ4v) is 2.47. The van der Waals surface area contributed by atoms with Gasteiger partial charge in [-0.2, -0.15) is 4.57 Å². The van der Waals surface area contributed by atoms with E-state index in [-0.39, 0.29) is 18.5 Å². The van der Waals surface area contributed by atoms with Crippen LogP contribution in [0.3, 0.4) is 0 Å². The molecule has 1 aromatic heterocycles. The van der Waals surface area contributed by atoms with Crippen molar-refractivity contribution in [3.05, 3.63) is 53.9 Å². The second kappa shape index (κ2) is 6.70. The Labute approximate surface area is 140 Å². The molecule has 124 valence electrons. The van der Waals surface area contributed by atoms with E-state index in [4.69, 9.17) is 9.47 Å². The third-order valence-electron chi connectivity index (χ3n) is 3.96. The van der Waals surface area contributed by atoms with Crippen molar-refractivity contribution in [2.24, 2.45) is 0 Å². The molecule has 0 radical (unpaired) electrons. The number of carbonyl (C=O) groups is 2. The molecule has 1 aliphatic rings. The summed E-state index contributed by atoms with van der Waals surface area (Å²) in [5, 5.41) is 2.90. The van der Waals surface area contributed by atoms with Crippen LogP contribution in [0.5, 0.6) is 11.5 Å².